The van der Waals surface area contributed by atoms with Gasteiger partial charge >= 0.3 is 6.09 Å². The fourth-order valence-electron chi connectivity index (χ4n) is 1.74. The quantitative estimate of drug-likeness (QED) is 0.862. The van der Waals surface area contributed by atoms with Gasteiger partial charge in [0.25, 0.3) is 0 Å². The molecular weight excluding hydrogens is 299 g/mol. The van der Waals surface area contributed by atoms with Gasteiger partial charge in [0.05, 0.1) is 10.7 Å². The summed E-state index contributed by atoms with van der Waals surface area (Å²) in [6, 6.07) is 5.46. The van der Waals surface area contributed by atoms with Gasteiger partial charge in [-0.15, -0.1) is 12.4 Å². The molecule has 0 spiro atoms. The lowest BCUT2D eigenvalue weighted by molar-refractivity contribution is 0.142. The molecule has 0 aromatic heterocycles. The summed E-state index contributed by atoms with van der Waals surface area (Å²) in [7, 11) is 0. The number of hydrogen-bond acceptors (Lipinski definition) is 3. The summed E-state index contributed by atoms with van der Waals surface area (Å²) in [5, 5.41) is 3.19. The SMILES string of the molecule is CCN(CC)CCOC(=O)Nc1c(C)cccc1Cl.Cl. The summed E-state index contributed by atoms with van der Waals surface area (Å²) in [6.07, 6.45) is -0.469. The molecule has 0 radical (unpaired) electrons. The molecule has 0 saturated carbocycles. The van der Waals surface area contributed by atoms with E-state index in [-0.39, 0.29) is 12.4 Å². The van der Waals surface area contributed by atoms with Gasteiger partial charge in [0.15, 0.2) is 0 Å². The van der Waals surface area contributed by atoms with Crippen LogP contribution in [0, 0.1) is 6.92 Å². The highest BCUT2D eigenvalue weighted by molar-refractivity contribution is 6.33. The average Bonchev–Trinajstić information content (AvgIpc) is 2.39. The summed E-state index contributed by atoms with van der Waals surface area (Å²) in [5.41, 5.74) is 1.52. The molecule has 1 aromatic carbocycles. The van der Waals surface area contributed by atoms with E-state index in [1.54, 1.807) is 6.07 Å². The van der Waals surface area contributed by atoms with Crippen molar-refractivity contribution in [2.75, 3.05) is 31.6 Å². The van der Waals surface area contributed by atoms with Crippen molar-refractivity contribution in [3.05, 3.63) is 28.8 Å². The number of likely N-dealkylation sites (N-methyl/N-ethyl adjacent to an activating group) is 1. The maximum absolute atomic E-state index is 11.7. The van der Waals surface area contributed by atoms with E-state index in [0.29, 0.717) is 17.3 Å². The minimum atomic E-state index is -0.469. The highest BCUT2D eigenvalue weighted by atomic mass is 35.5. The van der Waals surface area contributed by atoms with E-state index in [0.717, 1.165) is 25.2 Å². The first-order valence-electron chi connectivity index (χ1n) is 6.49. The van der Waals surface area contributed by atoms with Crippen molar-refractivity contribution >= 4 is 35.8 Å². The van der Waals surface area contributed by atoms with Gasteiger partial charge < -0.3 is 9.64 Å². The molecular formula is C14H22Cl2N2O2. The molecule has 4 nitrogen and oxygen atoms in total. The van der Waals surface area contributed by atoms with E-state index in [4.69, 9.17) is 16.3 Å². The maximum Gasteiger partial charge on any atom is 0.411 e. The molecule has 1 N–H and O–H groups in total. The number of nitrogens with zero attached hydrogens (tertiary/aromatic N) is 1. The predicted octanol–water partition coefficient (Wildman–Crippen LogP) is 3.96. The molecule has 0 aliphatic rings. The largest absolute Gasteiger partial charge is 0.448 e. The van der Waals surface area contributed by atoms with Gasteiger partial charge in [-0.1, -0.05) is 37.6 Å². The van der Waals surface area contributed by atoms with Crippen molar-refractivity contribution in [1.82, 2.24) is 4.90 Å². The smallest absolute Gasteiger partial charge is 0.411 e. The number of benzene rings is 1. The van der Waals surface area contributed by atoms with E-state index < -0.39 is 6.09 Å². The summed E-state index contributed by atoms with van der Waals surface area (Å²) < 4.78 is 5.14. The van der Waals surface area contributed by atoms with Crippen LogP contribution in [0.4, 0.5) is 10.5 Å². The average molecular weight is 321 g/mol. The van der Waals surface area contributed by atoms with Gasteiger partial charge in [-0.3, -0.25) is 5.32 Å². The van der Waals surface area contributed by atoms with Crippen molar-refractivity contribution in [2.45, 2.75) is 20.8 Å². The summed E-state index contributed by atoms with van der Waals surface area (Å²) in [5.74, 6) is 0. The summed E-state index contributed by atoms with van der Waals surface area (Å²) in [4.78, 5) is 13.9. The number of rotatable bonds is 6. The van der Waals surface area contributed by atoms with Gasteiger partial charge in [-0.2, -0.15) is 0 Å². The Morgan fingerprint density at radius 3 is 2.55 bits per heavy atom. The molecule has 0 aliphatic carbocycles. The Bertz CT molecular complexity index is 403. The first-order chi connectivity index (χ1) is 9.08. The Hall–Kier alpha value is -0.970. The molecule has 6 heteroatoms. The minimum Gasteiger partial charge on any atom is -0.448 e. The van der Waals surface area contributed by atoms with Crippen LogP contribution in [0.5, 0.6) is 0 Å². The third-order valence-corrected chi connectivity index (χ3v) is 3.30. The Kier molecular flexibility index (Phi) is 9.38. The van der Waals surface area contributed by atoms with E-state index in [2.05, 4.69) is 24.1 Å². The molecule has 0 saturated heterocycles. The number of amides is 1. The van der Waals surface area contributed by atoms with E-state index in [1.165, 1.54) is 0 Å². The Balaban J connectivity index is 0.00000361. The van der Waals surface area contributed by atoms with E-state index >= 15 is 0 Å². The van der Waals surface area contributed by atoms with Crippen LogP contribution < -0.4 is 5.32 Å². The van der Waals surface area contributed by atoms with Crippen LogP contribution in [0.3, 0.4) is 0 Å². The standard InChI is InChI=1S/C14H21ClN2O2.ClH/c1-4-17(5-2)9-10-19-14(18)16-13-11(3)7-6-8-12(13)15;/h6-8H,4-5,9-10H2,1-3H3,(H,16,18);1H. The molecule has 0 aliphatic heterocycles. The zero-order valence-corrected chi connectivity index (χ0v) is 13.7. The zero-order valence-electron chi connectivity index (χ0n) is 12.1. The van der Waals surface area contributed by atoms with Crippen molar-refractivity contribution in [2.24, 2.45) is 0 Å². The van der Waals surface area contributed by atoms with Crippen LogP contribution in [-0.2, 0) is 4.74 Å². The molecule has 20 heavy (non-hydrogen) atoms. The predicted molar refractivity (Wildman–Crippen MR) is 86.2 cm³/mol. The van der Waals surface area contributed by atoms with Gasteiger partial charge in [-0.25, -0.2) is 4.79 Å². The molecule has 1 aromatic rings. The second-order valence-electron chi connectivity index (χ2n) is 4.22. The number of para-hydroxylation sites is 1. The fourth-order valence-corrected chi connectivity index (χ4v) is 2.00. The topological polar surface area (TPSA) is 41.6 Å². The van der Waals surface area contributed by atoms with E-state index in [9.17, 15) is 4.79 Å². The summed E-state index contributed by atoms with van der Waals surface area (Å²) >= 11 is 6.02. The van der Waals surface area contributed by atoms with Crippen molar-refractivity contribution in [3.63, 3.8) is 0 Å². The van der Waals surface area contributed by atoms with Crippen molar-refractivity contribution in [1.29, 1.82) is 0 Å². The molecule has 0 bridgehead atoms. The van der Waals surface area contributed by atoms with Crippen molar-refractivity contribution in [3.8, 4) is 0 Å². The van der Waals surface area contributed by atoms with Gasteiger partial charge in [-0.05, 0) is 31.6 Å². The monoisotopic (exact) mass is 320 g/mol. The van der Waals surface area contributed by atoms with Crippen LogP contribution in [0.2, 0.25) is 5.02 Å². The maximum atomic E-state index is 11.7. The van der Waals surface area contributed by atoms with Crippen LogP contribution in [-0.4, -0.2) is 37.2 Å². The Labute approximate surface area is 131 Å². The second kappa shape index (κ2) is 9.86. The highest BCUT2D eigenvalue weighted by Gasteiger charge is 2.09. The lowest BCUT2D eigenvalue weighted by Crippen LogP contribution is -2.28. The number of carbonyl (C=O) groups excluding carboxylic acids is 1. The highest BCUT2D eigenvalue weighted by Crippen LogP contribution is 2.25. The molecule has 0 heterocycles. The number of halogens is 2. The fraction of sp³-hybridized carbons (Fsp3) is 0.500. The van der Waals surface area contributed by atoms with Gasteiger partial charge in [0.1, 0.15) is 6.61 Å². The van der Waals surface area contributed by atoms with E-state index in [1.807, 2.05) is 19.1 Å². The number of carbonyl (C=O) groups is 1. The zero-order chi connectivity index (χ0) is 14.3. The first-order valence-corrected chi connectivity index (χ1v) is 6.87. The lowest BCUT2D eigenvalue weighted by atomic mass is 10.2. The number of nitrogens with one attached hydrogen (secondary N) is 1. The van der Waals surface area contributed by atoms with Crippen LogP contribution >= 0.6 is 24.0 Å². The number of aryl methyl sites for hydroxylation is 1. The number of ether oxygens (including phenoxy) is 1. The Morgan fingerprint density at radius 2 is 2.00 bits per heavy atom. The molecule has 1 rings (SSSR count). The third kappa shape index (κ3) is 5.99. The molecule has 0 unspecified atom stereocenters. The minimum absolute atomic E-state index is 0. The lowest BCUT2D eigenvalue weighted by Gasteiger charge is -2.17. The second-order valence-corrected chi connectivity index (χ2v) is 4.63. The normalized spacial score (nSPS) is 10.1. The molecule has 0 fully saturated rings. The van der Waals surface area contributed by atoms with Crippen molar-refractivity contribution < 1.29 is 9.53 Å². The van der Waals surface area contributed by atoms with Crippen LogP contribution in [0.1, 0.15) is 19.4 Å². The number of hydrogen-bond donors (Lipinski definition) is 1. The molecule has 0 atom stereocenters. The van der Waals surface area contributed by atoms with Crippen LogP contribution in [0.25, 0.3) is 0 Å². The summed E-state index contributed by atoms with van der Waals surface area (Å²) in [6.45, 7) is 9.06. The Morgan fingerprint density at radius 1 is 1.35 bits per heavy atom. The number of anilines is 1. The third-order valence-electron chi connectivity index (χ3n) is 2.98. The van der Waals surface area contributed by atoms with Crippen LogP contribution in [0.15, 0.2) is 18.2 Å². The van der Waals surface area contributed by atoms with Gasteiger partial charge in [0, 0.05) is 6.54 Å². The van der Waals surface area contributed by atoms with Gasteiger partial charge in [0.2, 0.25) is 0 Å². The first kappa shape index (κ1) is 19.0. The molecule has 114 valence electrons. The molecule has 1 amide bonds.